The summed E-state index contributed by atoms with van der Waals surface area (Å²) >= 11 is 1.59. The number of hydrogen-bond acceptors (Lipinski definition) is 4. The Kier molecular flexibility index (Phi) is 5.86. The van der Waals surface area contributed by atoms with E-state index in [2.05, 4.69) is 53.2 Å². The van der Waals surface area contributed by atoms with E-state index in [0.717, 1.165) is 28.2 Å². The summed E-state index contributed by atoms with van der Waals surface area (Å²) in [5, 5.41) is 16.2. The molecule has 0 aliphatic heterocycles. The lowest BCUT2D eigenvalue weighted by atomic mass is 9.98. The van der Waals surface area contributed by atoms with Gasteiger partial charge < -0.3 is 9.67 Å². The topological polar surface area (TPSA) is 55.3 Å². The highest BCUT2D eigenvalue weighted by atomic mass is 32.1. The van der Waals surface area contributed by atoms with E-state index in [1.54, 1.807) is 23.5 Å². The summed E-state index contributed by atoms with van der Waals surface area (Å²) in [6, 6.07) is 15.9. The summed E-state index contributed by atoms with van der Waals surface area (Å²) in [5.74, 6) is 0.780. The van der Waals surface area contributed by atoms with Crippen molar-refractivity contribution < 1.29 is 5.11 Å². The zero-order valence-corrected chi connectivity index (χ0v) is 18.3. The third-order valence-corrected chi connectivity index (χ3v) is 6.22. The van der Waals surface area contributed by atoms with Gasteiger partial charge in [0, 0.05) is 30.3 Å². The van der Waals surface area contributed by atoms with Gasteiger partial charge in [0.2, 0.25) is 0 Å². The zero-order chi connectivity index (χ0) is 21.1. The second-order valence-corrected chi connectivity index (χ2v) is 8.41. The Labute approximate surface area is 180 Å². The predicted octanol–water partition coefficient (Wildman–Crippen LogP) is 5.45. The van der Waals surface area contributed by atoms with Crippen LogP contribution < -0.4 is 4.80 Å². The zero-order valence-electron chi connectivity index (χ0n) is 17.5. The lowest BCUT2D eigenvalue weighted by Crippen LogP contribution is -2.16. The number of benzene rings is 2. The second-order valence-electron chi connectivity index (χ2n) is 7.57. The molecule has 154 valence electrons. The van der Waals surface area contributed by atoms with Crippen molar-refractivity contribution in [3.8, 4) is 17.0 Å². The Morgan fingerprint density at radius 3 is 2.63 bits per heavy atom. The second kappa shape index (κ2) is 8.71. The fraction of sp³-hybridized carbons (Fsp3) is 0.250. The molecule has 4 rings (SSSR count). The van der Waals surface area contributed by atoms with E-state index < -0.39 is 0 Å². The van der Waals surface area contributed by atoms with Crippen LogP contribution in [0, 0.1) is 0 Å². The first-order valence-corrected chi connectivity index (χ1v) is 11.0. The molecule has 0 fully saturated rings. The molecule has 0 amide bonds. The third kappa shape index (κ3) is 4.39. The Balaban J connectivity index is 1.76. The molecule has 0 aliphatic carbocycles. The lowest BCUT2D eigenvalue weighted by Gasteiger charge is -2.12. The molecule has 2 aromatic heterocycles. The number of phenolic OH excluding ortho intramolecular Hbond substituents is 1. The Morgan fingerprint density at radius 1 is 1.17 bits per heavy atom. The Bertz CT molecular complexity index is 1200. The van der Waals surface area contributed by atoms with E-state index >= 15 is 0 Å². The highest BCUT2D eigenvalue weighted by Gasteiger charge is 2.11. The van der Waals surface area contributed by atoms with Gasteiger partial charge in [-0.1, -0.05) is 44.2 Å². The standard InChI is InChI=1S/C24H26N4OS/c1-4-17(2)19-10-8-18(9-11-19)14-28-23(20-13-25-27(3)15-20)16-30-24(28)26-21-6-5-7-22(29)12-21/h5-13,15-17,29H,4,14H2,1-3H3. The maximum atomic E-state index is 9.80. The molecule has 1 unspecified atom stereocenters. The average Bonchev–Trinajstić information content (AvgIpc) is 3.34. The number of thiazole rings is 1. The molecule has 0 saturated carbocycles. The molecule has 0 spiro atoms. The van der Waals surface area contributed by atoms with Crippen LogP contribution in [-0.4, -0.2) is 19.5 Å². The number of aromatic hydroxyl groups is 1. The maximum Gasteiger partial charge on any atom is 0.190 e. The SMILES string of the molecule is CCC(C)c1ccc(Cn2c(-c3cnn(C)c3)csc2=Nc2cccc(O)c2)cc1. The monoisotopic (exact) mass is 418 g/mol. The predicted molar refractivity (Wildman–Crippen MR) is 122 cm³/mol. The van der Waals surface area contributed by atoms with Gasteiger partial charge in [-0.15, -0.1) is 11.3 Å². The van der Waals surface area contributed by atoms with Gasteiger partial charge in [-0.25, -0.2) is 4.99 Å². The molecular weight excluding hydrogens is 392 g/mol. The quantitative estimate of drug-likeness (QED) is 0.453. The van der Waals surface area contributed by atoms with Crippen molar-refractivity contribution in [1.29, 1.82) is 0 Å². The van der Waals surface area contributed by atoms with Crippen LogP contribution in [0.3, 0.4) is 0 Å². The van der Waals surface area contributed by atoms with E-state index in [1.165, 1.54) is 11.1 Å². The van der Waals surface area contributed by atoms with Gasteiger partial charge in [-0.2, -0.15) is 5.10 Å². The highest BCUT2D eigenvalue weighted by molar-refractivity contribution is 7.07. The van der Waals surface area contributed by atoms with Crippen LogP contribution >= 0.6 is 11.3 Å². The highest BCUT2D eigenvalue weighted by Crippen LogP contribution is 2.24. The van der Waals surface area contributed by atoms with Crippen LogP contribution in [0.2, 0.25) is 0 Å². The van der Waals surface area contributed by atoms with Gasteiger partial charge in [-0.05, 0) is 35.6 Å². The first-order valence-electron chi connectivity index (χ1n) is 10.1. The van der Waals surface area contributed by atoms with Gasteiger partial charge in [0.05, 0.1) is 24.1 Å². The van der Waals surface area contributed by atoms with Gasteiger partial charge in [0.15, 0.2) is 4.80 Å². The molecule has 0 saturated heterocycles. The lowest BCUT2D eigenvalue weighted by molar-refractivity contribution is 0.475. The smallest absolute Gasteiger partial charge is 0.190 e. The van der Waals surface area contributed by atoms with E-state index in [4.69, 9.17) is 4.99 Å². The first kappa shape index (κ1) is 20.2. The molecule has 2 heterocycles. The van der Waals surface area contributed by atoms with E-state index in [1.807, 2.05) is 36.3 Å². The number of aryl methyl sites for hydroxylation is 1. The number of rotatable bonds is 6. The Hall–Kier alpha value is -3.12. The Morgan fingerprint density at radius 2 is 1.97 bits per heavy atom. The first-order chi connectivity index (χ1) is 14.5. The number of nitrogens with zero attached hydrogens (tertiary/aromatic N) is 4. The van der Waals surface area contributed by atoms with Gasteiger partial charge in [0.1, 0.15) is 5.75 Å². The van der Waals surface area contributed by atoms with Crippen LogP contribution in [-0.2, 0) is 13.6 Å². The fourth-order valence-electron chi connectivity index (χ4n) is 3.40. The number of aromatic nitrogens is 3. The van der Waals surface area contributed by atoms with Gasteiger partial charge in [0.25, 0.3) is 0 Å². The van der Waals surface area contributed by atoms with Crippen molar-refractivity contribution in [2.75, 3.05) is 0 Å². The van der Waals surface area contributed by atoms with Crippen molar-refractivity contribution >= 4 is 17.0 Å². The van der Waals surface area contributed by atoms with Crippen LogP contribution in [0.5, 0.6) is 5.75 Å². The van der Waals surface area contributed by atoms with Crippen LogP contribution in [0.15, 0.2) is 71.3 Å². The molecule has 0 bridgehead atoms. The molecule has 5 nitrogen and oxygen atoms in total. The number of phenols is 1. The minimum atomic E-state index is 0.215. The summed E-state index contributed by atoms with van der Waals surface area (Å²) in [4.78, 5) is 5.68. The van der Waals surface area contributed by atoms with Crippen molar-refractivity contribution in [2.24, 2.45) is 12.0 Å². The molecule has 4 aromatic rings. The van der Waals surface area contributed by atoms with Crippen molar-refractivity contribution in [3.63, 3.8) is 0 Å². The van der Waals surface area contributed by atoms with E-state index in [0.29, 0.717) is 12.5 Å². The summed E-state index contributed by atoms with van der Waals surface area (Å²) in [6.45, 7) is 5.19. The van der Waals surface area contributed by atoms with Crippen LogP contribution in [0.25, 0.3) is 11.3 Å². The molecule has 6 heteroatoms. The van der Waals surface area contributed by atoms with Gasteiger partial charge in [-0.3, -0.25) is 4.68 Å². The molecular formula is C24H26N4OS. The molecule has 30 heavy (non-hydrogen) atoms. The number of hydrogen-bond donors (Lipinski definition) is 1. The minimum Gasteiger partial charge on any atom is -0.508 e. The normalized spacial score (nSPS) is 13.0. The van der Waals surface area contributed by atoms with Crippen LogP contribution in [0.4, 0.5) is 5.69 Å². The van der Waals surface area contributed by atoms with Crippen molar-refractivity contribution in [1.82, 2.24) is 14.3 Å². The summed E-state index contributed by atoms with van der Waals surface area (Å²) < 4.78 is 4.02. The largest absolute Gasteiger partial charge is 0.508 e. The minimum absolute atomic E-state index is 0.215. The van der Waals surface area contributed by atoms with Crippen molar-refractivity contribution in [3.05, 3.63) is 82.2 Å². The third-order valence-electron chi connectivity index (χ3n) is 5.35. The molecule has 2 aromatic carbocycles. The van der Waals surface area contributed by atoms with E-state index in [9.17, 15) is 5.11 Å². The summed E-state index contributed by atoms with van der Waals surface area (Å²) in [7, 11) is 1.92. The fourth-order valence-corrected chi connectivity index (χ4v) is 4.33. The molecule has 0 aliphatic rings. The molecule has 1 atom stereocenters. The molecule has 0 radical (unpaired) electrons. The molecule has 1 N–H and O–H groups in total. The van der Waals surface area contributed by atoms with E-state index in [-0.39, 0.29) is 5.75 Å². The van der Waals surface area contributed by atoms with Crippen molar-refractivity contribution in [2.45, 2.75) is 32.7 Å². The maximum absolute atomic E-state index is 9.80. The van der Waals surface area contributed by atoms with Gasteiger partial charge >= 0.3 is 0 Å². The average molecular weight is 419 g/mol. The van der Waals surface area contributed by atoms with Crippen LogP contribution in [0.1, 0.15) is 37.3 Å². The summed E-state index contributed by atoms with van der Waals surface area (Å²) in [6.07, 6.45) is 5.03. The summed E-state index contributed by atoms with van der Waals surface area (Å²) in [5.41, 5.74) is 5.47.